The SMILES string of the molecule is CC(C)COc1cc(-c2ccc(C3(C)CCNCC3)cc2)c2c(C#N)cnn2c1. The summed E-state index contributed by atoms with van der Waals surface area (Å²) in [4.78, 5) is 0. The summed E-state index contributed by atoms with van der Waals surface area (Å²) in [5.74, 6) is 1.20. The standard InChI is InChI=1S/C24H28N4O/c1-17(2)16-29-21-12-22(23-19(13-25)14-27-28(23)15-21)18-4-6-20(7-5-18)24(3)8-10-26-11-9-24/h4-7,12,14-15,17,26H,8-11,16H2,1-3H3. The normalized spacial score (nSPS) is 16.1. The molecule has 0 bridgehead atoms. The lowest BCUT2D eigenvalue weighted by Gasteiger charge is -2.34. The van der Waals surface area contributed by atoms with E-state index in [1.807, 2.05) is 12.3 Å². The van der Waals surface area contributed by atoms with E-state index < -0.39 is 0 Å². The number of nitrogens with zero attached hydrogens (tertiary/aromatic N) is 3. The van der Waals surface area contributed by atoms with Gasteiger partial charge in [-0.2, -0.15) is 10.4 Å². The summed E-state index contributed by atoms with van der Waals surface area (Å²) in [6, 6.07) is 13.1. The van der Waals surface area contributed by atoms with Crippen molar-refractivity contribution in [3.05, 3.63) is 53.9 Å². The predicted molar refractivity (Wildman–Crippen MR) is 115 cm³/mol. The molecule has 0 amide bonds. The van der Waals surface area contributed by atoms with Gasteiger partial charge in [-0.3, -0.25) is 0 Å². The maximum absolute atomic E-state index is 9.55. The Morgan fingerprint density at radius 3 is 2.62 bits per heavy atom. The number of rotatable bonds is 5. The Morgan fingerprint density at radius 1 is 1.24 bits per heavy atom. The van der Waals surface area contributed by atoms with Crippen molar-refractivity contribution in [2.24, 2.45) is 5.92 Å². The molecule has 1 aromatic carbocycles. The fourth-order valence-corrected chi connectivity index (χ4v) is 4.06. The van der Waals surface area contributed by atoms with E-state index >= 15 is 0 Å². The summed E-state index contributed by atoms with van der Waals surface area (Å²) in [6.45, 7) is 9.38. The number of piperidine rings is 1. The number of ether oxygens (including phenoxy) is 1. The Balaban J connectivity index is 1.75. The first kappa shape index (κ1) is 19.5. The van der Waals surface area contributed by atoms with Gasteiger partial charge in [0.2, 0.25) is 0 Å². The lowest BCUT2D eigenvalue weighted by atomic mass is 9.75. The monoisotopic (exact) mass is 388 g/mol. The maximum Gasteiger partial charge on any atom is 0.138 e. The molecule has 4 rings (SSSR count). The molecular weight excluding hydrogens is 360 g/mol. The summed E-state index contributed by atoms with van der Waals surface area (Å²) < 4.78 is 7.72. The molecule has 150 valence electrons. The Bertz CT molecular complexity index is 1040. The average molecular weight is 389 g/mol. The van der Waals surface area contributed by atoms with E-state index in [1.165, 1.54) is 5.56 Å². The van der Waals surface area contributed by atoms with E-state index in [-0.39, 0.29) is 5.41 Å². The number of hydrogen-bond acceptors (Lipinski definition) is 4. The van der Waals surface area contributed by atoms with Crippen molar-refractivity contribution in [2.45, 2.75) is 39.0 Å². The van der Waals surface area contributed by atoms with Crippen LogP contribution in [0.25, 0.3) is 16.6 Å². The minimum atomic E-state index is 0.218. The van der Waals surface area contributed by atoms with Crippen LogP contribution in [0.1, 0.15) is 44.7 Å². The van der Waals surface area contributed by atoms with Gasteiger partial charge in [-0.05, 0) is 54.5 Å². The number of nitriles is 1. The van der Waals surface area contributed by atoms with Crippen LogP contribution < -0.4 is 10.1 Å². The van der Waals surface area contributed by atoms with Crippen LogP contribution in [0.4, 0.5) is 0 Å². The van der Waals surface area contributed by atoms with E-state index in [2.05, 4.69) is 61.5 Å². The van der Waals surface area contributed by atoms with Crippen molar-refractivity contribution in [3.63, 3.8) is 0 Å². The molecule has 1 aliphatic rings. The van der Waals surface area contributed by atoms with E-state index in [0.717, 1.165) is 48.3 Å². The fraction of sp³-hybridized carbons (Fsp3) is 0.417. The highest BCUT2D eigenvalue weighted by molar-refractivity contribution is 5.85. The van der Waals surface area contributed by atoms with Gasteiger partial charge in [-0.15, -0.1) is 0 Å². The second kappa shape index (κ2) is 7.88. The zero-order chi connectivity index (χ0) is 20.4. The van der Waals surface area contributed by atoms with Crippen LogP contribution in [0.2, 0.25) is 0 Å². The van der Waals surface area contributed by atoms with Gasteiger partial charge in [0.05, 0.1) is 30.1 Å². The Morgan fingerprint density at radius 2 is 1.97 bits per heavy atom. The van der Waals surface area contributed by atoms with Crippen molar-refractivity contribution >= 4 is 5.52 Å². The molecule has 0 aliphatic carbocycles. The minimum Gasteiger partial charge on any atom is -0.492 e. The molecule has 1 saturated heterocycles. The Hall–Kier alpha value is -2.84. The fourth-order valence-electron chi connectivity index (χ4n) is 4.06. The first-order chi connectivity index (χ1) is 14.0. The first-order valence-corrected chi connectivity index (χ1v) is 10.4. The highest BCUT2D eigenvalue weighted by Crippen LogP contribution is 2.36. The molecule has 29 heavy (non-hydrogen) atoms. The molecular formula is C24H28N4O. The average Bonchev–Trinajstić information content (AvgIpc) is 3.15. The van der Waals surface area contributed by atoms with Gasteiger partial charge in [0.1, 0.15) is 11.8 Å². The topological polar surface area (TPSA) is 62.3 Å². The second-order valence-corrected chi connectivity index (χ2v) is 8.65. The zero-order valence-electron chi connectivity index (χ0n) is 17.4. The van der Waals surface area contributed by atoms with Crippen LogP contribution in [0.5, 0.6) is 5.75 Å². The van der Waals surface area contributed by atoms with Crippen LogP contribution in [0, 0.1) is 17.2 Å². The van der Waals surface area contributed by atoms with E-state index in [0.29, 0.717) is 18.1 Å². The van der Waals surface area contributed by atoms with Crippen molar-refractivity contribution in [2.75, 3.05) is 19.7 Å². The predicted octanol–water partition coefficient (Wildman–Crippen LogP) is 4.55. The molecule has 2 aromatic heterocycles. The van der Waals surface area contributed by atoms with Crippen molar-refractivity contribution in [3.8, 4) is 22.9 Å². The minimum absolute atomic E-state index is 0.218. The molecule has 5 heteroatoms. The van der Waals surface area contributed by atoms with Gasteiger partial charge < -0.3 is 10.1 Å². The van der Waals surface area contributed by atoms with Crippen molar-refractivity contribution < 1.29 is 4.74 Å². The molecule has 0 saturated carbocycles. The Kier molecular flexibility index (Phi) is 5.29. The van der Waals surface area contributed by atoms with Crippen molar-refractivity contribution in [1.82, 2.24) is 14.9 Å². The lowest BCUT2D eigenvalue weighted by Crippen LogP contribution is -2.37. The number of hydrogen-bond donors (Lipinski definition) is 1. The van der Waals surface area contributed by atoms with E-state index in [4.69, 9.17) is 4.74 Å². The van der Waals surface area contributed by atoms with Crippen LogP contribution >= 0.6 is 0 Å². The van der Waals surface area contributed by atoms with Gasteiger partial charge in [0.15, 0.2) is 0 Å². The third-order valence-electron chi connectivity index (χ3n) is 5.89. The van der Waals surface area contributed by atoms with E-state index in [9.17, 15) is 5.26 Å². The quantitative estimate of drug-likeness (QED) is 0.696. The smallest absolute Gasteiger partial charge is 0.138 e. The molecule has 3 heterocycles. The lowest BCUT2D eigenvalue weighted by molar-refractivity contribution is 0.270. The summed E-state index contributed by atoms with van der Waals surface area (Å²) >= 11 is 0. The van der Waals surface area contributed by atoms with Crippen molar-refractivity contribution in [1.29, 1.82) is 5.26 Å². The largest absolute Gasteiger partial charge is 0.492 e. The molecule has 0 radical (unpaired) electrons. The number of fused-ring (bicyclic) bond motifs is 1. The maximum atomic E-state index is 9.55. The summed E-state index contributed by atoms with van der Waals surface area (Å²) in [5, 5.41) is 17.4. The summed E-state index contributed by atoms with van der Waals surface area (Å²) in [5.41, 5.74) is 5.04. The molecule has 0 atom stereocenters. The van der Waals surface area contributed by atoms with Crippen LogP contribution in [-0.4, -0.2) is 29.3 Å². The summed E-state index contributed by atoms with van der Waals surface area (Å²) in [6.07, 6.45) is 5.77. The number of pyridine rings is 1. The Labute approximate surface area is 172 Å². The van der Waals surface area contributed by atoms with Gasteiger partial charge in [-0.25, -0.2) is 4.52 Å². The van der Waals surface area contributed by atoms with Crippen LogP contribution in [0.3, 0.4) is 0 Å². The van der Waals surface area contributed by atoms with Crippen LogP contribution in [0.15, 0.2) is 42.7 Å². The molecule has 1 aliphatic heterocycles. The number of aromatic nitrogens is 2. The zero-order valence-corrected chi connectivity index (χ0v) is 17.4. The first-order valence-electron chi connectivity index (χ1n) is 10.4. The highest BCUT2D eigenvalue weighted by atomic mass is 16.5. The molecule has 3 aromatic rings. The molecule has 1 N–H and O–H groups in total. The van der Waals surface area contributed by atoms with E-state index in [1.54, 1.807) is 10.7 Å². The third kappa shape index (κ3) is 3.86. The molecule has 5 nitrogen and oxygen atoms in total. The van der Waals surface area contributed by atoms with Gasteiger partial charge in [-0.1, -0.05) is 45.0 Å². The number of benzene rings is 1. The van der Waals surface area contributed by atoms with Gasteiger partial charge in [0.25, 0.3) is 0 Å². The van der Waals surface area contributed by atoms with Gasteiger partial charge >= 0.3 is 0 Å². The number of nitrogens with one attached hydrogen (secondary N) is 1. The van der Waals surface area contributed by atoms with Gasteiger partial charge in [0, 0.05) is 5.56 Å². The molecule has 0 spiro atoms. The molecule has 0 unspecified atom stereocenters. The highest BCUT2D eigenvalue weighted by Gasteiger charge is 2.28. The second-order valence-electron chi connectivity index (χ2n) is 8.65. The molecule has 1 fully saturated rings. The van der Waals surface area contributed by atoms with Crippen LogP contribution in [-0.2, 0) is 5.41 Å². The third-order valence-corrected chi connectivity index (χ3v) is 5.89. The summed E-state index contributed by atoms with van der Waals surface area (Å²) in [7, 11) is 0.